The van der Waals surface area contributed by atoms with Gasteiger partial charge in [-0.05, 0) is 48.2 Å². The molecular weight excluding hydrogens is 477 g/mol. The number of ether oxygens (including phenoxy) is 2. The molecule has 0 radical (unpaired) electrons. The van der Waals surface area contributed by atoms with Gasteiger partial charge in [-0.25, -0.2) is 4.99 Å². The van der Waals surface area contributed by atoms with Crippen molar-refractivity contribution in [3.8, 4) is 11.5 Å². The van der Waals surface area contributed by atoms with Gasteiger partial charge in [0.05, 0.1) is 20.8 Å². The number of methoxy groups -OCH3 is 2. The average Bonchev–Trinajstić information content (AvgIpc) is 3.46. The van der Waals surface area contributed by atoms with E-state index >= 15 is 0 Å². The van der Waals surface area contributed by atoms with E-state index in [-0.39, 0.29) is 29.4 Å². The minimum Gasteiger partial charge on any atom is -0.493 e. The van der Waals surface area contributed by atoms with Crippen LogP contribution in [0.3, 0.4) is 0 Å². The van der Waals surface area contributed by atoms with Gasteiger partial charge in [-0.1, -0.05) is 29.8 Å². The van der Waals surface area contributed by atoms with Crippen LogP contribution in [0.15, 0.2) is 47.5 Å². The van der Waals surface area contributed by atoms with Crippen molar-refractivity contribution in [3.05, 3.63) is 58.6 Å². The molecule has 0 aromatic heterocycles. The minimum atomic E-state index is 0. The lowest BCUT2D eigenvalue weighted by Gasteiger charge is -2.17. The highest BCUT2D eigenvalue weighted by Gasteiger charge is 2.44. The van der Waals surface area contributed by atoms with Crippen LogP contribution >= 0.6 is 35.6 Å². The second-order valence-corrected chi connectivity index (χ2v) is 6.97. The molecule has 0 aliphatic heterocycles. The lowest BCUT2D eigenvalue weighted by Crippen LogP contribution is -2.37. The Balaban J connectivity index is 0.00000261. The molecule has 0 bridgehead atoms. The molecule has 2 aromatic rings. The zero-order valence-electron chi connectivity index (χ0n) is 15.5. The predicted molar refractivity (Wildman–Crippen MR) is 121 cm³/mol. The van der Waals surface area contributed by atoms with Crippen molar-refractivity contribution in [2.75, 3.05) is 20.8 Å². The van der Waals surface area contributed by atoms with Crippen LogP contribution in [0.25, 0.3) is 0 Å². The van der Waals surface area contributed by atoms with Crippen molar-refractivity contribution in [1.82, 2.24) is 5.32 Å². The normalized spacial score (nSPS) is 14.9. The fraction of sp³-hybridized carbons (Fsp3) is 0.350. The minimum absolute atomic E-state index is 0. The molecule has 7 heteroatoms. The Bertz CT molecular complexity index is 792. The van der Waals surface area contributed by atoms with Crippen LogP contribution in [0, 0.1) is 0 Å². The first-order valence-electron chi connectivity index (χ1n) is 8.57. The van der Waals surface area contributed by atoms with Crippen molar-refractivity contribution < 1.29 is 9.47 Å². The molecule has 0 unspecified atom stereocenters. The molecule has 1 aliphatic rings. The largest absolute Gasteiger partial charge is 0.493 e. The maximum atomic E-state index is 6.05. The van der Waals surface area contributed by atoms with E-state index in [1.54, 1.807) is 14.2 Å². The molecule has 0 saturated heterocycles. The summed E-state index contributed by atoms with van der Waals surface area (Å²) < 4.78 is 10.6. The highest BCUT2D eigenvalue weighted by Crippen LogP contribution is 2.47. The fourth-order valence-corrected chi connectivity index (χ4v) is 3.12. The van der Waals surface area contributed by atoms with Crippen LogP contribution in [0.5, 0.6) is 11.5 Å². The van der Waals surface area contributed by atoms with E-state index in [1.807, 2.05) is 30.3 Å². The molecule has 0 spiro atoms. The molecule has 3 N–H and O–H groups in total. The first kappa shape index (κ1) is 21.6. The third-order valence-electron chi connectivity index (χ3n) is 4.80. The topological polar surface area (TPSA) is 68.9 Å². The van der Waals surface area contributed by atoms with E-state index in [4.69, 9.17) is 26.8 Å². The summed E-state index contributed by atoms with van der Waals surface area (Å²) in [5.74, 6) is 1.83. The summed E-state index contributed by atoms with van der Waals surface area (Å²) in [5.41, 5.74) is 8.49. The molecular formula is C20H25ClIN3O2. The lowest BCUT2D eigenvalue weighted by atomic mass is 9.96. The quantitative estimate of drug-likeness (QED) is 0.340. The van der Waals surface area contributed by atoms with Gasteiger partial charge in [-0.3, -0.25) is 0 Å². The Hall–Kier alpha value is -1.67. The monoisotopic (exact) mass is 501 g/mol. The first-order valence-corrected chi connectivity index (χ1v) is 8.95. The van der Waals surface area contributed by atoms with Crippen molar-refractivity contribution >= 4 is 41.5 Å². The van der Waals surface area contributed by atoms with E-state index in [2.05, 4.69) is 22.4 Å². The zero-order valence-corrected chi connectivity index (χ0v) is 18.6. The third kappa shape index (κ3) is 5.42. The second-order valence-electron chi connectivity index (χ2n) is 6.53. The van der Waals surface area contributed by atoms with Gasteiger partial charge in [-0.15, -0.1) is 24.0 Å². The summed E-state index contributed by atoms with van der Waals surface area (Å²) in [6.45, 7) is 1.25. The molecule has 2 aromatic carbocycles. The number of benzene rings is 2. The van der Waals surface area contributed by atoms with Crippen molar-refractivity contribution in [3.63, 3.8) is 0 Å². The number of nitrogens with zero attached hydrogens (tertiary/aromatic N) is 1. The molecule has 1 saturated carbocycles. The Morgan fingerprint density at radius 3 is 2.37 bits per heavy atom. The van der Waals surface area contributed by atoms with E-state index in [1.165, 1.54) is 5.56 Å². The number of nitrogens with one attached hydrogen (secondary N) is 1. The highest BCUT2D eigenvalue weighted by molar-refractivity contribution is 14.0. The fourth-order valence-electron chi connectivity index (χ4n) is 2.99. The number of nitrogens with two attached hydrogens (primary N) is 1. The van der Waals surface area contributed by atoms with Gasteiger partial charge in [0.2, 0.25) is 0 Å². The van der Waals surface area contributed by atoms with Gasteiger partial charge < -0.3 is 20.5 Å². The molecule has 3 rings (SSSR count). The molecule has 146 valence electrons. The van der Waals surface area contributed by atoms with Crippen LogP contribution < -0.4 is 20.5 Å². The Morgan fingerprint density at radius 2 is 1.78 bits per heavy atom. The number of hydrogen-bond acceptors (Lipinski definition) is 3. The SMILES string of the molecule is COc1ccc(CN=C(N)NCC2(c3ccc(Cl)cc3)CC2)cc1OC.I. The summed E-state index contributed by atoms with van der Waals surface area (Å²) in [6.07, 6.45) is 2.29. The standard InChI is InChI=1S/C20H24ClN3O2.HI/c1-25-17-8-3-14(11-18(17)26-2)12-23-19(22)24-13-20(9-10-20)15-4-6-16(21)7-5-15;/h3-8,11H,9-10,12-13H2,1-2H3,(H3,22,23,24);1H. The van der Waals surface area contributed by atoms with Crippen LogP contribution in [-0.4, -0.2) is 26.7 Å². The van der Waals surface area contributed by atoms with Crippen LogP contribution in [-0.2, 0) is 12.0 Å². The van der Waals surface area contributed by atoms with Gasteiger partial charge in [0.25, 0.3) is 0 Å². The van der Waals surface area contributed by atoms with E-state index in [0.29, 0.717) is 24.0 Å². The highest BCUT2D eigenvalue weighted by atomic mass is 127. The third-order valence-corrected chi connectivity index (χ3v) is 5.05. The molecule has 1 fully saturated rings. The molecule has 0 heterocycles. The van der Waals surface area contributed by atoms with Crippen molar-refractivity contribution in [1.29, 1.82) is 0 Å². The van der Waals surface area contributed by atoms with Gasteiger partial charge in [0, 0.05) is 17.0 Å². The Kier molecular flexibility index (Phi) is 7.61. The summed E-state index contributed by atoms with van der Waals surface area (Å²) in [5, 5.41) is 4.02. The maximum absolute atomic E-state index is 6.05. The second kappa shape index (κ2) is 9.50. The number of aliphatic imine (C=N–C) groups is 1. The zero-order chi connectivity index (χ0) is 18.6. The molecule has 0 amide bonds. The van der Waals surface area contributed by atoms with Gasteiger partial charge >= 0.3 is 0 Å². The molecule has 27 heavy (non-hydrogen) atoms. The summed E-state index contributed by atoms with van der Waals surface area (Å²) >= 11 is 5.98. The van der Waals surface area contributed by atoms with E-state index in [9.17, 15) is 0 Å². The Labute approximate surface area is 182 Å². The van der Waals surface area contributed by atoms with Crippen LogP contribution in [0.2, 0.25) is 5.02 Å². The van der Waals surface area contributed by atoms with Gasteiger partial charge in [0.1, 0.15) is 0 Å². The number of rotatable bonds is 7. The summed E-state index contributed by atoms with van der Waals surface area (Å²) in [6, 6.07) is 13.8. The van der Waals surface area contributed by atoms with Crippen molar-refractivity contribution in [2.24, 2.45) is 10.7 Å². The number of hydrogen-bond donors (Lipinski definition) is 2. The summed E-state index contributed by atoms with van der Waals surface area (Å²) in [4.78, 5) is 4.43. The van der Waals surface area contributed by atoms with E-state index in [0.717, 1.165) is 30.0 Å². The Morgan fingerprint density at radius 1 is 1.11 bits per heavy atom. The van der Waals surface area contributed by atoms with Gasteiger partial charge in [-0.2, -0.15) is 0 Å². The molecule has 1 aliphatic carbocycles. The molecule has 0 atom stereocenters. The van der Waals surface area contributed by atoms with Crippen LogP contribution in [0.1, 0.15) is 24.0 Å². The molecule has 5 nitrogen and oxygen atoms in total. The van der Waals surface area contributed by atoms with Crippen molar-refractivity contribution in [2.45, 2.75) is 24.8 Å². The number of guanidine groups is 1. The first-order chi connectivity index (χ1) is 12.6. The van der Waals surface area contributed by atoms with E-state index < -0.39 is 0 Å². The van der Waals surface area contributed by atoms with Crippen LogP contribution in [0.4, 0.5) is 0 Å². The maximum Gasteiger partial charge on any atom is 0.188 e. The van der Waals surface area contributed by atoms with Gasteiger partial charge in [0.15, 0.2) is 17.5 Å². The smallest absolute Gasteiger partial charge is 0.188 e. The predicted octanol–water partition coefficient (Wildman–Crippen LogP) is 4.11. The average molecular weight is 502 g/mol. The number of halogens is 2. The lowest BCUT2D eigenvalue weighted by molar-refractivity contribution is 0.354. The summed E-state index contributed by atoms with van der Waals surface area (Å²) in [7, 11) is 3.23.